The first-order chi connectivity index (χ1) is 17.0. The van der Waals surface area contributed by atoms with Gasteiger partial charge in [-0.2, -0.15) is 0 Å². The molecule has 8 heteroatoms. The van der Waals surface area contributed by atoms with Crippen molar-refractivity contribution in [3.63, 3.8) is 0 Å². The summed E-state index contributed by atoms with van der Waals surface area (Å²) in [5.41, 5.74) is 4.87. The van der Waals surface area contributed by atoms with Crippen LogP contribution >= 0.6 is 0 Å². The molecule has 35 heavy (non-hydrogen) atoms. The molecule has 5 aromatic rings. The molecule has 0 fully saturated rings. The lowest BCUT2D eigenvalue weighted by molar-refractivity contribution is -0.119. The van der Waals surface area contributed by atoms with Crippen molar-refractivity contribution >= 4 is 28.6 Å². The number of esters is 1. The van der Waals surface area contributed by atoms with Crippen molar-refractivity contribution in [2.75, 3.05) is 11.9 Å². The molecule has 0 aliphatic carbocycles. The third-order valence-corrected chi connectivity index (χ3v) is 5.49. The van der Waals surface area contributed by atoms with Gasteiger partial charge in [0.2, 0.25) is 0 Å². The maximum absolute atomic E-state index is 12.7. The van der Waals surface area contributed by atoms with Gasteiger partial charge in [0.1, 0.15) is 11.4 Å². The van der Waals surface area contributed by atoms with E-state index in [0.717, 1.165) is 11.1 Å². The van der Waals surface area contributed by atoms with Crippen LogP contribution in [0.5, 0.6) is 0 Å². The standard InChI is InChI=1S/C27H21N3O5/c1-16-6-3-7-17(2)24(16)30-23(31)15-35-27(32)18-10-11-19-20(14-18)29-26(22-9-5-13-34-22)25(28-19)21-8-4-12-33-21/h3-14H,15H2,1-2H3,(H,30,31). The SMILES string of the molecule is Cc1cccc(C)c1NC(=O)COC(=O)c1ccc2nc(-c3ccco3)c(-c3ccco3)nc2c1. The van der Waals surface area contributed by atoms with Crippen molar-refractivity contribution in [3.05, 3.63) is 89.9 Å². The van der Waals surface area contributed by atoms with Crippen LogP contribution < -0.4 is 5.32 Å². The van der Waals surface area contributed by atoms with Gasteiger partial charge in [-0.3, -0.25) is 4.79 Å². The summed E-state index contributed by atoms with van der Waals surface area (Å²) >= 11 is 0. The molecule has 0 spiro atoms. The molecule has 3 heterocycles. The second kappa shape index (κ2) is 9.26. The molecule has 174 valence electrons. The zero-order valence-electron chi connectivity index (χ0n) is 19.1. The fraction of sp³-hybridized carbons (Fsp3) is 0.111. The Morgan fingerprint density at radius 3 is 2.06 bits per heavy atom. The molecule has 3 aromatic heterocycles. The van der Waals surface area contributed by atoms with Crippen LogP contribution in [-0.2, 0) is 9.53 Å². The number of hydrogen-bond acceptors (Lipinski definition) is 7. The van der Waals surface area contributed by atoms with Crippen molar-refractivity contribution in [2.24, 2.45) is 0 Å². The molecule has 0 aliphatic rings. The maximum Gasteiger partial charge on any atom is 0.338 e. The highest BCUT2D eigenvalue weighted by molar-refractivity contribution is 5.98. The van der Waals surface area contributed by atoms with E-state index in [1.54, 1.807) is 55.0 Å². The summed E-state index contributed by atoms with van der Waals surface area (Å²) in [5, 5.41) is 2.80. The zero-order valence-corrected chi connectivity index (χ0v) is 19.1. The second-order valence-electron chi connectivity index (χ2n) is 7.97. The van der Waals surface area contributed by atoms with E-state index in [1.807, 2.05) is 32.0 Å². The summed E-state index contributed by atoms with van der Waals surface area (Å²) in [5.74, 6) is 0.00526. The summed E-state index contributed by atoms with van der Waals surface area (Å²) in [6.45, 7) is 3.39. The number of benzene rings is 2. The minimum absolute atomic E-state index is 0.253. The Balaban J connectivity index is 1.37. The maximum atomic E-state index is 12.7. The lowest BCUT2D eigenvalue weighted by Crippen LogP contribution is -2.21. The number of aromatic nitrogens is 2. The van der Waals surface area contributed by atoms with Crippen LogP contribution in [0.2, 0.25) is 0 Å². The quantitative estimate of drug-likeness (QED) is 0.326. The number of nitrogens with one attached hydrogen (secondary N) is 1. The average Bonchev–Trinajstić information content (AvgIpc) is 3.58. The first kappa shape index (κ1) is 22.1. The van der Waals surface area contributed by atoms with Crippen LogP contribution in [0.15, 0.2) is 82.0 Å². The van der Waals surface area contributed by atoms with Crippen molar-refractivity contribution in [1.29, 1.82) is 0 Å². The fourth-order valence-corrected chi connectivity index (χ4v) is 3.75. The fourth-order valence-electron chi connectivity index (χ4n) is 3.75. The lowest BCUT2D eigenvalue weighted by atomic mass is 10.1. The Hall–Kier alpha value is -4.72. The molecule has 0 radical (unpaired) electrons. The van der Waals surface area contributed by atoms with Gasteiger partial charge in [0, 0.05) is 5.69 Å². The van der Waals surface area contributed by atoms with Crippen LogP contribution in [-0.4, -0.2) is 28.5 Å². The molecule has 0 unspecified atom stereocenters. The second-order valence-corrected chi connectivity index (χ2v) is 7.97. The van der Waals surface area contributed by atoms with Gasteiger partial charge in [-0.25, -0.2) is 14.8 Å². The van der Waals surface area contributed by atoms with Crippen molar-refractivity contribution in [2.45, 2.75) is 13.8 Å². The normalized spacial score (nSPS) is 10.9. The summed E-state index contributed by atoms with van der Waals surface area (Å²) < 4.78 is 16.3. The van der Waals surface area contributed by atoms with E-state index >= 15 is 0 Å². The molecule has 5 rings (SSSR count). The number of aryl methyl sites for hydroxylation is 2. The van der Waals surface area contributed by atoms with Gasteiger partial charge in [0.15, 0.2) is 18.1 Å². The van der Waals surface area contributed by atoms with E-state index in [1.165, 1.54) is 0 Å². The van der Waals surface area contributed by atoms with Gasteiger partial charge >= 0.3 is 5.97 Å². The Bertz CT molecular complexity index is 1500. The molecule has 0 saturated carbocycles. The summed E-state index contributed by atoms with van der Waals surface area (Å²) in [4.78, 5) is 34.4. The predicted molar refractivity (Wildman–Crippen MR) is 130 cm³/mol. The average molecular weight is 467 g/mol. The molecule has 0 bridgehead atoms. The van der Waals surface area contributed by atoms with Crippen molar-refractivity contribution < 1.29 is 23.2 Å². The van der Waals surface area contributed by atoms with Gasteiger partial charge in [-0.1, -0.05) is 18.2 Å². The van der Waals surface area contributed by atoms with Crippen LogP contribution in [0.25, 0.3) is 33.9 Å². The first-order valence-electron chi connectivity index (χ1n) is 10.9. The number of para-hydroxylation sites is 1. The number of anilines is 1. The molecule has 0 saturated heterocycles. The minimum Gasteiger partial charge on any atom is -0.463 e. The number of furan rings is 2. The number of nitrogens with zero attached hydrogens (tertiary/aromatic N) is 2. The van der Waals surface area contributed by atoms with E-state index in [0.29, 0.717) is 39.6 Å². The number of rotatable bonds is 6. The summed E-state index contributed by atoms with van der Waals surface area (Å²) in [6, 6.07) is 17.6. The van der Waals surface area contributed by atoms with Gasteiger partial charge in [-0.05, 0) is 67.4 Å². The number of carbonyl (C=O) groups is 2. The number of ether oxygens (including phenoxy) is 1. The van der Waals surface area contributed by atoms with Crippen LogP contribution in [0.3, 0.4) is 0 Å². The van der Waals surface area contributed by atoms with Gasteiger partial charge in [0.25, 0.3) is 5.91 Å². The van der Waals surface area contributed by atoms with Crippen molar-refractivity contribution in [1.82, 2.24) is 9.97 Å². The van der Waals surface area contributed by atoms with Crippen molar-refractivity contribution in [3.8, 4) is 22.9 Å². The third-order valence-electron chi connectivity index (χ3n) is 5.49. The van der Waals surface area contributed by atoms with E-state index < -0.39 is 18.5 Å². The monoisotopic (exact) mass is 467 g/mol. The van der Waals surface area contributed by atoms with E-state index in [4.69, 9.17) is 13.6 Å². The molecular weight excluding hydrogens is 446 g/mol. The molecule has 1 N–H and O–H groups in total. The van der Waals surface area contributed by atoms with E-state index in [9.17, 15) is 9.59 Å². The predicted octanol–water partition coefficient (Wildman–Crippen LogP) is 5.56. The minimum atomic E-state index is -0.639. The molecule has 2 aromatic carbocycles. The largest absolute Gasteiger partial charge is 0.463 e. The molecule has 0 aliphatic heterocycles. The smallest absolute Gasteiger partial charge is 0.338 e. The zero-order chi connectivity index (χ0) is 24.4. The van der Waals surface area contributed by atoms with Gasteiger partial charge < -0.3 is 18.9 Å². The highest BCUT2D eigenvalue weighted by atomic mass is 16.5. The van der Waals surface area contributed by atoms with Crippen LogP contribution in [0.4, 0.5) is 5.69 Å². The lowest BCUT2D eigenvalue weighted by Gasteiger charge is -2.12. The van der Waals surface area contributed by atoms with E-state index in [-0.39, 0.29) is 5.56 Å². The Kier molecular flexibility index (Phi) is 5.85. The van der Waals surface area contributed by atoms with E-state index in [2.05, 4.69) is 15.3 Å². The van der Waals surface area contributed by atoms with Crippen LogP contribution in [0, 0.1) is 13.8 Å². The summed E-state index contributed by atoms with van der Waals surface area (Å²) in [7, 11) is 0. The van der Waals surface area contributed by atoms with Crippen LogP contribution in [0.1, 0.15) is 21.5 Å². The Morgan fingerprint density at radius 2 is 1.46 bits per heavy atom. The Morgan fingerprint density at radius 1 is 0.829 bits per heavy atom. The topological polar surface area (TPSA) is 107 Å². The number of amides is 1. The molecule has 1 amide bonds. The molecule has 0 atom stereocenters. The number of hydrogen-bond donors (Lipinski definition) is 1. The molecular formula is C27H21N3O5. The Labute approximate surface area is 200 Å². The number of carbonyl (C=O) groups excluding carboxylic acids is 2. The third kappa shape index (κ3) is 4.54. The van der Waals surface area contributed by atoms with Gasteiger partial charge in [0.05, 0.1) is 29.1 Å². The highest BCUT2D eigenvalue weighted by Gasteiger charge is 2.19. The molecule has 8 nitrogen and oxygen atoms in total. The summed E-state index contributed by atoms with van der Waals surface area (Å²) in [6.07, 6.45) is 3.10. The van der Waals surface area contributed by atoms with Gasteiger partial charge in [-0.15, -0.1) is 0 Å². The highest BCUT2D eigenvalue weighted by Crippen LogP contribution is 2.31. The number of fused-ring (bicyclic) bond motifs is 1. The first-order valence-corrected chi connectivity index (χ1v) is 10.9.